The minimum absolute atomic E-state index is 0. The lowest BCUT2D eigenvalue weighted by molar-refractivity contribution is -0.336. The molecule has 2 unspecified atom stereocenters. The van der Waals surface area contributed by atoms with Gasteiger partial charge in [-0.1, -0.05) is 35.1 Å². The molecule has 21 heteroatoms. The van der Waals surface area contributed by atoms with Crippen LogP contribution in [0, 0.1) is 11.8 Å². The van der Waals surface area contributed by atoms with Gasteiger partial charge in [-0.2, -0.15) is 0 Å². The molecule has 60 heavy (non-hydrogen) atoms. The van der Waals surface area contributed by atoms with Gasteiger partial charge in [0.15, 0.2) is 43.1 Å². The number of hydrogen-bond acceptors (Lipinski definition) is 21. The van der Waals surface area contributed by atoms with Crippen molar-refractivity contribution < 1.29 is 102 Å². The van der Waals surface area contributed by atoms with Crippen LogP contribution in [0.3, 0.4) is 0 Å². The topological polar surface area (TPSA) is 288 Å². The molecule has 5 N–H and O–H groups in total. The molecule has 0 spiro atoms. The van der Waals surface area contributed by atoms with Crippen molar-refractivity contribution in [3.63, 3.8) is 0 Å². The Hall–Kier alpha value is -3.09. The third-order valence-electron chi connectivity index (χ3n) is 9.94. The molecule has 4 heterocycles. The van der Waals surface area contributed by atoms with E-state index in [1.54, 1.807) is 13.8 Å². The summed E-state index contributed by atoms with van der Waals surface area (Å²) in [7, 11) is 0. The minimum Gasteiger partial charge on any atom is -0.456 e. The fraction of sp³-hybridized carbons (Fsp3) is 0.872. The molecule has 4 fully saturated rings. The van der Waals surface area contributed by atoms with E-state index < -0.39 is 140 Å². The first-order valence-corrected chi connectivity index (χ1v) is 19.6. The van der Waals surface area contributed by atoms with E-state index >= 15 is 0 Å². The van der Waals surface area contributed by atoms with Gasteiger partial charge in [0.2, 0.25) is 0 Å². The summed E-state index contributed by atoms with van der Waals surface area (Å²) in [5, 5.41) is 49.4. The quantitative estimate of drug-likeness (QED) is 0.128. The average Bonchev–Trinajstić information content (AvgIpc) is 3.11. The van der Waals surface area contributed by atoms with Crippen molar-refractivity contribution in [2.45, 2.75) is 194 Å². The highest BCUT2D eigenvalue weighted by atomic mass is 16.8. The van der Waals surface area contributed by atoms with E-state index in [1.165, 1.54) is 20.8 Å². The Labute approximate surface area is 350 Å². The molecule has 0 aromatic rings. The first-order valence-electron chi connectivity index (χ1n) is 19.6. The molecule has 0 aliphatic carbocycles. The summed E-state index contributed by atoms with van der Waals surface area (Å²) in [5.74, 6) is -3.56. The fourth-order valence-electron chi connectivity index (χ4n) is 7.23. The lowest BCUT2D eigenvalue weighted by Gasteiger charge is -2.47. The van der Waals surface area contributed by atoms with Crippen LogP contribution in [0.15, 0.2) is 0 Å². The second-order valence-corrected chi connectivity index (χ2v) is 15.7. The zero-order chi connectivity index (χ0) is 44.6. The van der Waals surface area contributed by atoms with Crippen LogP contribution in [0.2, 0.25) is 0 Å². The number of hydrogen-bond donors (Lipinski definition) is 5. The highest BCUT2D eigenvalue weighted by Gasteiger charge is 2.55. The van der Waals surface area contributed by atoms with Gasteiger partial charge < -0.3 is 77.6 Å². The van der Waals surface area contributed by atoms with Crippen LogP contribution in [-0.4, -0.2) is 179 Å². The van der Waals surface area contributed by atoms with Crippen molar-refractivity contribution in [2.24, 2.45) is 11.8 Å². The third kappa shape index (κ3) is 14.0. The maximum Gasteiger partial charge on any atom is 0.303 e. The number of rotatable bonds is 11. The Bertz CT molecular complexity index is 1410. The highest BCUT2D eigenvalue weighted by molar-refractivity contribution is 5.69. The van der Waals surface area contributed by atoms with E-state index in [4.69, 9.17) is 52.1 Å². The summed E-state index contributed by atoms with van der Waals surface area (Å²) < 4.78 is 61.6. The van der Waals surface area contributed by atoms with Crippen molar-refractivity contribution in [1.82, 2.24) is 0 Å². The molecular weight excluding hydrogens is 804 g/mol. The van der Waals surface area contributed by atoms with E-state index in [2.05, 4.69) is 0 Å². The summed E-state index contributed by atoms with van der Waals surface area (Å²) >= 11 is 0. The standard InChI is InChI=1S/C24H36O13.C14H26O8.CH4/c1-10(2)18-21(20(34-14(6)27)17(9-30-18)32-12(4)25)37-24-23(36-16(8)29)22(35-15(7)28)19(11(3)31-24)33-13(5)26;1-5(2)12-13(9(17)7(15)4-20-12)22-14-11(19)10(18)8(16)6(3)21-14;/h10-11,17-24H,9H2,1-8H3;5-19H,4H2,1-3H3;1H4/t11-,17-,18?,19-,20-,21-,22+,23+,24-;6-,7-,8-,9-,10+,11+,12?,13+,14-;/m00./s1. The maximum atomic E-state index is 12.0. The molecule has 0 radical (unpaired) electrons. The average molecular weight is 871 g/mol. The van der Waals surface area contributed by atoms with E-state index in [0.29, 0.717) is 0 Å². The fourth-order valence-corrected chi connectivity index (χ4v) is 7.23. The van der Waals surface area contributed by atoms with Gasteiger partial charge in [-0.05, 0) is 25.7 Å². The van der Waals surface area contributed by atoms with Crippen LogP contribution in [-0.2, 0) is 76.1 Å². The first kappa shape index (κ1) is 53.0. The molecule has 21 nitrogen and oxygen atoms in total. The largest absolute Gasteiger partial charge is 0.456 e. The van der Waals surface area contributed by atoms with Crippen LogP contribution >= 0.6 is 0 Å². The van der Waals surface area contributed by atoms with Gasteiger partial charge in [-0.15, -0.1) is 0 Å². The first-order chi connectivity index (χ1) is 27.4. The zero-order valence-electron chi connectivity index (χ0n) is 35.2. The number of carbonyl (C=O) groups is 5. The molecule has 0 bridgehead atoms. The Morgan fingerprint density at radius 3 is 1.43 bits per heavy atom. The van der Waals surface area contributed by atoms with Crippen LogP contribution < -0.4 is 0 Å². The lowest BCUT2D eigenvalue weighted by Crippen LogP contribution is -2.65. The van der Waals surface area contributed by atoms with Crippen molar-refractivity contribution in [3.8, 4) is 0 Å². The van der Waals surface area contributed by atoms with Gasteiger partial charge in [0.1, 0.15) is 42.7 Å². The second kappa shape index (κ2) is 23.4. The van der Waals surface area contributed by atoms with Crippen molar-refractivity contribution in [3.05, 3.63) is 0 Å². The number of ether oxygens (including phenoxy) is 11. The number of aliphatic hydroxyl groups is 5. The van der Waals surface area contributed by atoms with Crippen molar-refractivity contribution in [1.29, 1.82) is 0 Å². The molecule has 4 aliphatic heterocycles. The summed E-state index contributed by atoms with van der Waals surface area (Å²) in [6.07, 6.45) is -19.6. The van der Waals surface area contributed by atoms with Gasteiger partial charge >= 0.3 is 29.8 Å². The summed E-state index contributed by atoms with van der Waals surface area (Å²) in [6.45, 7) is 16.4. The molecule has 18 atom stereocenters. The van der Waals surface area contributed by atoms with Crippen LogP contribution in [0.4, 0.5) is 0 Å². The zero-order valence-corrected chi connectivity index (χ0v) is 35.2. The van der Waals surface area contributed by atoms with Crippen LogP contribution in [0.25, 0.3) is 0 Å². The minimum atomic E-state index is -1.47. The summed E-state index contributed by atoms with van der Waals surface area (Å²) in [6, 6.07) is 0. The smallest absolute Gasteiger partial charge is 0.303 e. The second-order valence-electron chi connectivity index (χ2n) is 15.7. The Balaban J connectivity index is 0.000000459. The van der Waals surface area contributed by atoms with Crippen molar-refractivity contribution >= 4 is 29.8 Å². The Morgan fingerprint density at radius 1 is 0.483 bits per heavy atom. The normalized spacial score (nSPS) is 39.2. The number of carbonyl (C=O) groups excluding carboxylic acids is 5. The van der Waals surface area contributed by atoms with Gasteiger partial charge in [0.05, 0.1) is 37.6 Å². The van der Waals surface area contributed by atoms with E-state index in [-0.39, 0.29) is 32.5 Å². The summed E-state index contributed by atoms with van der Waals surface area (Å²) in [5.41, 5.74) is 0. The van der Waals surface area contributed by atoms with Gasteiger partial charge in [0, 0.05) is 34.6 Å². The molecule has 0 amide bonds. The molecule has 0 aromatic carbocycles. The molecular formula is C39H66O21. The number of aliphatic hydroxyl groups excluding tert-OH is 5. The highest BCUT2D eigenvalue weighted by Crippen LogP contribution is 2.35. The SMILES string of the molecule is C.CC(=O)O[C@@H]1[C@@H](OC(C)=O)[C@H](C)O[C@@H](O[C@H]2C(C(C)C)OC[C@H](OC(C)=O)[C@@H]2OC(C)=O)[C@@H]1OC(C)=O.CC(C)C1OC[C@H](O)[C@H](O)[C@H]1O[C@@H]1O[C@@H](C)[C@H](O)[C@@H](O)[C@H]1O. The van der Waals surface area contributed by atoms with Crippen LogP contribution in [0.1, 0.15) is 83.6 Å². The molecule has 4 saturated heterocycles. The lowest BCUT2D eigenvalue weighted by atomic mass is 9.91. The Kier molecular flexibility index (Phi) is 20.7. The molecule has 4 aliphatic rings. The molecule has 0 aromatic heterocycles. The summed E-state index contributed by atoms with van der Waals surface area (Å²) in [4.78, 5) is 59.4. The Morgan fingerprint density at radius 2 is 0.917 bits per heavy atom. The van der Waals surface area contributed by atoms with Gasteiger partial charge in [-0.25, -0.2) is 0 Å². The van der Waals surface area contributed by atoms with Gasteiger partial charge in [0.25, 0.3) is 0 Å². The predicted octanol–water partition coefficient (Wildman–Crippen LogP) is -0.558. The van der Waals surface area contributed by atoms with Crippen molar-refractivity contribution in [2.75, 3.05) is 13.2 Å². The molecule has 4 rings (SSSR count). The van der Waals surface area contributed by atoms with E-state index in [0.717, 1.165) is 13.8 Å². The molecule has 348 valence electrons. The maximum absolute atomic E-state index is 12.0. The third-order valence-corrected chi connectivity index (χ3v) is 9.94. The van der Waals surface area contributed by atoms with E-state index in [1.807, 2.05) is 27.7 Å². The van der Waals surface area contributed by atoms with E-state index in [9.17, 15) is 49.5 Å². The number of esters is 5. The predicted molar refractivity (Wildman–Crippen MR) is 202 cm³/mol. The van der Waals surface area contributed by atoms with Gasteiger partial charge in [-0.3, -0.25) is 24.0 Å². The molecule has 0 saturated carbocycles. The van der Waals surface area contributed by atoms with Crippen LogP contribution in [0.5, 0.6) is 0 Å². The monoisotopic (exact) mass is 870 g/mol.